The van der Waals surface area contributed by atoms with Crippen molar-refractivity contribution in [3.8, 4) is 0 Å². The van der Waals surface area contributed by atoms with Gasteiger partial charge in [-0.1, -0.05) is 0 Å². The van der Waals surface area contributed by atoms with Crippen molar-refractivity contribution in [2.75, 3.05) is 17.6 Å². The Bertz CT molecular complexity index is 480. The van der Waals surface area contributed by atoms with Crippen LogP contribution < -0.4 is 11.1 Å². The van der Waals surface area contributed by atoms with Crippen molar-refractivity contribution in [2.24, 2.45) is 0 Å². The van der Waals surface area contributed by atoms with Crippen LogP contribution in [0.15, 0.2) is 6.33 Å². The van der Waals surface area contributed by atoms with Gasteiger partial charge in [-0.3, -0.25) is 0 Å². The number of imidazole rings is 1. The molecular weight excluding hydrogens is 208 g/mol. The zero-order chi connectivity index (χ0) is 11.5. The zero-order valence-corrected chi connectivity index (χ0v) is 8.94. The number of H-pyrrole nitrogens is 1. The SMILES string of the molecule is CC(O)CCNc1nc(N)nc2nc[nH]c12. The number of nitrogens with zero attached hydrogens (tertiary/aromatic N) is 3. The van der Waals surface area contributed by atoms with Crippen LogP contribution in [0.4, 0.5) is 11.8 Å². The number of anilines is 2. The standard InChI is InChI=1S/C9H14N6O/c1-5(16)2-3-11-7-6-8(13-4-12-6)15-9(10)14-7/h4-5,16H,2-3H2,1H3,(H4,10,11,12,13,14,15). The fourth-order valence-corrected chi connectivity index (χ4v) is 1.38. The van der Waals surface area contributed by atoms with Crippen LogP contribution >= 0.6 is 0 Å². The van der Waals surface area contributed by atoms with E-state index in [-0.39, 0.29) is 12.1 Å². The highest BCUT2D eigenvalue weighted by Gasteiger charge is 2.07. The van der Waals surface area contributed by atoms with Gasteiger partial charge in [0.05, 0.1) is 12.4 Å². The molecule has 0 aromatic carbocycles. The van der Waals surface area contributed by atoms with Crippen LogP contribution in [0.1, 0.15) is 13.3 Å². The molecule has 7 heteroatoms. The molecule has 0 radical (unpaired) electrons. The molecular formula is C9H14N6O. The molecule has 0 aliphatic carbocycles. The summed E-state index contributed by atoms with van der Waals surface area (Å²) in [7, 11) is 0. The molecule has 0 bridgehead atoms. The number of hydrogen-bond acceptors (Lipinski definition) is 6. The Morgan fingerprint density at radius 2 is 2.38 bits per heavy atom. The smallest absolute Gasteiger partial charge is 0.224 e. The molecule has 2 aromatic heterocycles. The lowest BCUT2D eigenvalue weighted by Gasteiger charge is -2.07. The molecule has 7 nitrogen and oxygen atoms in total. The Kier molecular flexibility index (Phi) is 2.86. The topological polar surface area (TPSA) is 113 Å². The molecule has 0 spiro atoms. The Balaban J connectivity index is 2.19. The van der Waals surface area contributed by atoms with Crippen LogP contribution in [0, 0.1) is 0 Å². The van der Waals surface area contributed by atoms with E-state index in [0.717, 1.165) is 5.52 Å². The van der Waals surface area contributed by atoms with E-state index in [4.69, 9.17) is 10.8 Å². The third-order valence-electron chi connectivity index (χ3n) is 2.16. The summed E-state index contributed by atoms with van der Waals surface area (Å²) in [6.45, 7) is 2.35. The van der Waals surface area contributed by atoms with Gasteiger partial charge in [-0.05, 0) is 13.3 Å². The van der Waals surface area contributed by atoms with E-state index in [1.807, 2.05) is 0 Å². The number of aromatic nitrogens is 4. The van der Waals surface area contributed by atoms with E-state index in [2.05, 4.69) is 25.3 Å². The summed E-state index contributed by atoms with van der Waals surface area (Å²) in [6, 6.07) is 0. The molecule has 5 N–H and O–H groups in total. The average molecular weight is 222 g/mol. The van der Waals surface area contributed by atoms with E-state index in [0.29, 0.717) is 24.4 Å². The predicted molar refractivity (Wildman–Crippen MR) is 60.9 cm³/mol. The number of aliphatic hydroxyl groups excluding tert-OH is 1. The third kappa shape index (κ3) is 2.19. The highest BCUT2D eigenvalue weighted by molar-refractivity contribution is 5.83. The normalized spacial score (nSPS) is 12.9. The van der Waals surface area contributed by atoms with Crippen molar-refractivity contribution in [3.63, 3.8) is 0 Å². The number of fused-ring (bicyclic) bond motifs is 1. The second-order valence-electron chi connectivity index (χ2n) is 3.60. The van der Waals surface area contributed by atoms with Crippen molar-refractivity contribution in [1.82, 2.24) is 19.9 Å². The number of nitrogens with two attached hydrogens (primary N) is 1. The summed E-state index contributed by atoms with van der Waals surface area (Å²) in [5, 5.41) is 12.2. The summed E-state index contributed by atoms with van der Waals surface area (Å²) >= 11 is 0. The fourth-order valence-electron chi connectivity index (χ4n) is 1.38. The molecule has 0 saturated carbocycles. The zero-order valence-electron chi connectivity index (χ0n) is 8.94. The molecule has 16 heavy (non-hydrogen) atoms. The Hall–Kier alpha value is -1.89. The molecule has 86 valence electrons. The summed E-state index contributed by atoms with van der Waals surface area (Å²) in [4.78, 5) is 15.0. The second kappa shape index (κ2) is 4.31. The molecule has 0 fully saturated rings. The number of nitrogen functional groups attached to an aromatic ring is 1. The minimum atomic E-state index is -0.344. The van der Waals surface area contributed by atoms with Crippen LogP contribution in [0.3, 0.4) is 0 Å². The van der Waals surface area contributed by atoms with E-state index >= 15 is 0 Å². The van der Waals surface area contributed by atoms with Crippen LogP contribution in [0.25, 0.3) is 11.2 Å². The number of hydrogen-bond donors (Lipinski definition) is 4. The van der Waals surface area contributed by atoms with Gasteiger partial charge >= 0.3 is 0 Å². The highest BCUT2D eigenvalue weighted by atomic mass is 16.3. The molecule has 1 atom stereocenters. The molecule has 2 heterocycles. The Morgan fingerprint density at radius 1 is 1.56 bits per heavy atom. The quantitative estimate of drug-likeness (QED) is 0.584. The van der Waals surface area contributed by atoms with Gasteiger partial charge < -0.3 is 21.1 Å². The van der Waals surface area contributed by atoms with Crippen molar-refractivity contribution in [3.05, 3.63) is 6.33 Å². The van der Waals surface area contributed by atoms with E-state index in [1.54, 1.807) is 13.3 Å². The van der Waals surface area contributed by atoms with Gasteiger partial charge in [-0.2, -0.15) is 9.97 Å². The lowest BCUT2D eigenvalue weighted by atomic mass is 10.3. The average Bonchev–Trinajstić information content (AvgIpc) is 2.64. The van der Waals surface area contributed by atoms with E-state index < -0.39 is 0 Å². The van der Waals surface area contributed by atoms with E-state index in [1.165, 1.54) is 0 Å². The molecule has 0 saturated heterocycles. The van der Waals surface area contributed by atoms with Gasteiger partial charge in [0.25, 0.3) is 0 Å². The molecule has 0 aliphatic rings. The van der Waals surface area contributed by atoms with Crippen molar-refractivity contribution in [2.45, 2.75) is 19.4 Å². The first-order chi connectivity index (χ1) is 7.66. The fraction of sp³-hybridized carbons (Fsp3) is 0.444. The molecule has 2 aromatic rings. The largest absolute Gasteiger partial charge is 0.393 e. The lowest BCUT2D eigenvalue weighted by Crippen LogP contribution is -2.11. The van der Waals surface area contributed by atoms with Crippen molar-refractivity contribution >= 4 is 22.9 Å². The minimum absolute atomic E-state index is 0.180. The summed E-state index contributed by atoms with van der Waals surface area (Å²) in [5.41, 5.74) is 6.81. The molecule has 1 unspecified atom stereocenters. The maximum Gasteiger partial charge on any atom is 0.224 e. The Morgan fingerprint density at radius 3 is 3.12 bits per heavy atom. The first kappa shape index (κ1) is 10.6. The summed E-state index contributed by atoms with van der Waals surface area (Å²) < 4.78 is 0. The number of aromatic amines is 1. The van der Waals surface area contributed by atoms with Crippen LogP contribution in [0.2, 0.25) is 0 Å². The van der Waals surface area contributed by atoms with Gasteiger partial charge in [0, 0.05) is 6.54 Å². The first-order valence-electron chi connectivity index (χ1n) is 5.05. The third-order valence-corrected chi connectivity index (χ3v) is 2.16. The second-order valence-corrected chi connectivity index (χ2v) is 3.60. The van der Waals surface area contributed by atoms with Crippen LogP contribution in [0.5, 0.6) is 0 Å². The van der Waals surface area contributed by atoms with Gasteiger partial charge in [0.15, 0.2) is 11.5 Å². The van der Waals surface area contributed by atoms with Crippen LogP contribution in [-0.4, -0.2) is 37.7 Å². The van der Waals surface area contributed by atoms with Gasteiger partial charge in [-0.25, -0.2) is 4.98 Å². The molecule has 2 rings (SSSR count). The highest BCUT2D eigenvalue weighted by Crippen LogP contribution is 2.16. The van der Waals surface area contributed by atoms with Crippen molar-refractivity contribution < 1.29 is 5.11 Å². The lowest BCUT2D eigenvalue weighted by molar-refractivity contribution is 0.188. The monoisotopic (exact) mass is 222 g/mol. The van der Waals surface area contributed by atoms with Crippen LogP contribution in [-0.2, 0) is 0 Å². The summed E-state index contributed by atoms with van der Waals surface area (Å²) in [6.07, 6.45) is 1.84. The maximum atomic E-state index is 9.14. The number of nitrogens with one attached hydrogen (secondary N) is 2. The minimum Gasteiger partial charge on any atom is -0.393 e. The Labute approximate surface area is 92.1 Å². The van der Waals surface area contributed by atoms with Gasteiger partial charge in [0.1, 0.15) is 5.52 Å². The van der Waals surface area contributed by atoms with Gasteiger partial charge in [0.2, 0.25) is 5.95 Å². The van der Waals surface area contributed by atoms with E-state index in [9.17, 15) is 0 Å². The molecule has 0 aliphatic heterocycles. The summed E-state index contributed by atoms with van der Waals surface area (Å²) in [5.74, 6) is 0.791. The van der Waals surface area contributed by atoms with Crippen molar-refractivity contribution in [1.29, 1.82) is 0 Å². The maximum absolute atomic E-state index is 9.14. The molecule has 0 amide bonds. The number of rotatable bonds is 4. The number of aliphatic hydroxyl groups is 1. The predicted octanol–water partition coefficient (Wildman–Crippen LogP) is 0.118. The first-order valence-corrected chi connectivity index (χ1v) is 5.05. The van der Waals surface area contributed by atoms with Gasteiger partial charge in [-0.15, -0.1) is 0 Å².